The molecule has 0 aliphatic carbocycles. The maximum atomic E-state index is 12.3. The second-order valence-corrected chi connectivity index (χ2v) is 6.60. The molecule has 2 unspecified atom stereocenters. The number of piperidine rings is 1. The van der Waals surface area contributed by atoms with Gasteiger partial charge in [-0.2, -0.15) is 4.31 Å². The molecule has 0 bridgehead atoms. The Labute approximate surface area is 104 Å². The Morgan fingerprint density at radius 2 is 2.18 bits per heavy atom. The van der Waals surface area contributed by atoms with E-state index >= 15 is 0 Å². The predicted molar refractivity (Wildman–Crippen MR) is 68.3 cm³/mol. The molecule has 2 atom stereocenters. The topological polar surface area (TPSA) is 72.6 Å². The van der Waals surface area contributed by atoms with Gasteiger partial charge in [0.15, 0.2) is 0 Å². The summed E-state index contributed by atoms with van der Waals surface area (Å²) in [6, 6.07) is 0. The lowest BCUT2D eigenvalue weighted by Gasteiger charge is -2.33. The average molecular weight is 264 g/mol. The summed E-state index contributed by atoms with van der Waals surface area (Å²) in [6.07, 6.45) is 2.41. The molecular formula is C11H24N2O3S. The minimum Gasteiger partial charge on any atom is -0.377 e. The van der Waals surface area contributed by atoms with Crippen molar-refractivity contribution in [2.45, 2.75) is 44.5 Å². The molecule has 1 aliphatic heterocycles. The highest BCUT2D eigenvalue weighted by Gasteiger charge is 2.33. The maximum Gasteiger partial charge on any atom is 0.218 e. The fourth-order valence-corrected chi connectivity index (χ4v) is 4.06. The van der Waals surface area contributed by atoms with Gasteiger partial charge in [0.05, 0.1) is 11.4 Å². The molecule has 1 aliphatic rings. The summed E-state index contributed by atoms with van der Waals surface area (Å²) in [5, 5.41) is -0.456. The summed E-state index contributed by atoms with van der Waals surface area (Å²) in [7, 11) is -3.25. The fourth-order valence-electron chi connectivity index (χ4n) is 2.22. The molecule has 102 valence electrons. The third-order valence-electron chi connectivity index (χ3n) is 3.24. The summed E-state index contributed by atoms with van der Waals surface area (Å²) in [5.74, 6) is 0. The first-order valence-electron chi connectivity index (χ1n) is 6.36. The van der Waals surface area contributed by atoms with Gasteiger partial charge in [-0.05, 0) is 26.2 Å². The first kappa shape index (κ1) is 14.9. The smallest absolute Gasteiger partial charge is 0.218 e. The van der Waals surface area contributed by atoms with Crippen molar-refractivity contribution in [3.8, 4) is 0 Å². The molecule has 1 saturated heterocycles. The molecule has 2 N–H and O–H groups in total. The van der Waals surface area contributed by atoms with Crippen LogP contribution < -0.4 is 5.73 Å². The van der Waals surface area contributed by atoms with Crippen LogP contribution in [0.2, 0.25) is 0 Å². The van der Waals surface area contributed by atoms with Crippen LogP contribution in [0.5, 0.6) is 0 Å². The van der Waals surface area contributed by atoms with Gasteiger partial charge >= 0.3 is 0 Å². The molecule has 17 heavy (non-hydrogen) atoms. The molecule has 0 aromatic heterocycles. The highest BCUT2D eigenvalue weighted by molar-refractivity contribution is 7.89. The predicted octanol–water partition coefficient (Wildman–Crippen LogP) is 0.554. The van der Waals surface area contributed by atoms with Crippen LogP contribution in [0, 0.1) is 0 Å². The van der Waals surface area contributed by atoms with Gasteiger partial charge in [0.1, 0.15) is 0 Å². The molecule has 0 aromatic rings. The highest BCUT2D eigenvalue weighted by Crippen LogP contribution is 2.20. The van der Waals surface area contributed by atoms with E-state index in [1.165, 1.54) is 0 Å². The molecule has 0 saturated carbocycles. The van der Waals surface area contributed by atoms with E-state index in [1.807, 2.05) is 13.8 Å². The zero-order chi connectivity index (χ0) is 12.9. The van der Waals surface area contributed by atoms with E-state index in [4.69, 9.17) is 10.5 Å². The summed E-state index contributed by atoms with van der Waals surface area (Å²) in [4.78, 5) is 0. The quantitative estimate of drug-likeness (QED) is 0.760. The van der Waals surface area contributed by atoms with Crippen molar-refractivity contribution in [1.29, 1.82) is 0 Å². The first-order chi connectivity index (χ1) is 8.06. The van der Waals surface area contributed by atoms with Gasteiger partial charge in [-0.3, -0.25) is 0 Å². The van der Waals surface area contributed by atoms with Crippen molar-refractivity contribution >= 4 is 10.0 Å². The Morgan fingerprint density at radius 3 is 2.71 bits per heavy atom. The average Bonchev–Trinajstić information content (AvgIpc) is 2.31. The molecule has 0 spiro atoms. The lowest BCUT2D eigenvalue weighted by atomic mass is 10.1. The van der Waals surface area contributed by atoms with Gasteiger partial charge in [-0.25, -0.2) is 8.42 Å². The Kier molecular flexibility index (Phi) is 5.85. The zero-order valence-corrected chi connectivity index (χ0v) is 11.6. The monoisotopic (exact) mass is 264 g/mol. The minimum atomic E-state index is -3.25. The number of hydrogen-bond acceptors (Lipinski definition) is 4. The van der Waals surface area contributed by atoms with Crippen LogP contribution in [0.3, 0.4) is 0 Å². The molecular weight excluding hydrogens is 240 g/mol. The van der Waals surface area contributed by atoms with Crippen molar-refractivity contribution in [1.82, 2.24) is 4.31 Å². The van der Waals surface area contributed by atoms with Crippen molar-refractivity contribution < 1.29 is 13.2 Å². The van der Waals surface area contributed by atoms with Gasteiger partial charge in [0.25, 0.3) is 0 Å². The van der Waals surface area contributed by atoms with Crippen LogP contribution >= 0.6 is 0 Å². The number of nitrogens with zero attached hydrogens (tertiary/aromatic N) is 1. The molecule has 0 aromatic carbocycles. The summed E-state index contributed by atoms with van der Waals surface area (Å²) in [5.41, 5.74) is 5.53. The Morgan fingerprint density at radius 1 is 1.47 bits per heavy atom. The lowest BCUT2D eigenvalue weighted by molar-refractivity contribution is 0.0263. The van der Waals surface area contributed by atoms with Crippen LogP contribution in [0.15, 0.2) is 0 Å². The SMILES string of the molecule is CCOC1CCCN(S(=O)(=O)C(CC)CN)C1. The minimum absolute atomic E-state index is 0.0406. The zero-order valence-electron chi connectivity index (χ0n) is 10.8. The van der Waals surface area contributed by atoms with E-state index < -0.39 is 15.3 Å². The third-order valence-corrected chi connectivity index (χ3v) is 5.66. The number of nitrogens with two attached hydrogens (primary N) is 1. The molecule has 5 nitrogen and oxygen atoms in total. The largest absolute Gasteiger partial charge is 0.377 e. The van der Waals surface area contributed by atoms with Crippen LogP contribution in [0.25, 0.3) is 0 Å². The summed E-state index contributed by atoms with van der Waals surface area (Å²) < 4.78 is 31.6. The van der Waals surface area contributed by atoms with Crippen LogP contribution in [0.4, 0.5) is 0 Å². The highest BCUT2D eigenvalue weighted by atomic mass is 32.2. The standard InChI is InChI=1S/C11H24N2O3S/c1-3-11(8-12)17(14,15)13-7-5-6-10(9-13)16-4-2/h10-11H,3-9,12H2,1-2H3. The number of sulfonamides is 1. The van der Waals surface area contributed by atoms with Crippen molar-refractivity contribution in [3.05, 3.63) is 0 Å². The normalized spacial score (nSPS) is 24.8. The van der Waals surface area contributed by atoms with Crippen molar-refractivity contribution in [3.63, 3.8) is 0 Å². The lowest BCUT2D eigenvalue weighted by Crippen LogP contribution is -2.48. The van der Waals surface area contributed by atoms with Gasteiger partial charge in [-0.1, -0.05) is 6.92 Å². The van der Waals surface area contributed by atoms with Crippen LogP contribution in [-0.4, -0.2) is 50.3 Å². The Bertz CT molecular complexity index is 313. The fraction of sp³-hybridized carbons (Fsp3) is 1.00. The molecule has 1 heterocycles. The van der Waals surface area contributed by atoms with E-state index in [9.17, 15) is 8.42 Å². The van der Waals surface area contributed by atoms with E-state index in [2.05, 4.69) is 0 Å². The van der Waals surface area contributed by atoms with Crippen LogP contribution in [0.1, 0.15) is 33.1 Å². The van der Waals surface area contributed by atoms with Crippen molar-refractivity contribution in [2.24, 2.45) is 5.73 Å². The summed E-state index contributed by atoms with van der Waals surface area (Å²) in [6.45, 7) is 5.69. The third kappa shape index (κ3) is 3.64. The van der Waals surface area contributed by atoms with E-state index in [1.54, 1.807) is 4.31 Å². The maximum absolute atomic E-state index is 12.3. The van der Waals surface area contributed by atoms with Crippen molar-refractivity contribution in [2.75, 3.05) is 26.2 Å². The molecule has 0 radical (unpaired) electrons. The molecule has 1 rings (SSSR count). The van der Waals surface area contributed by atoms with E-state index in [-0.39, 0.29) is 12.6 Å². The summed E-state index contributed by atoms with van der Waals surface area (Å²) >= 11 is 0. The Hall–Kier alpha value is -0.170. The van der Waals surface area contributed by atoms with Gasteiger partial charge in [0.2, 0.25) is 10.0 Å². The van der Waals surface area contributed by atoms with Gasteiger partial charge in [-0.15, -0.1) is 0 Å². The number of rotatable bonds is 6. The second-order valence-electron chi connectivity index (χ2n) is 4.39. The first-order valence-corrected chi connectivity index (χ1v) is 7.87. The number of ether oxygens (including phenoxy) is 1. The molecule has 1 fully saturated rings. The van der Waals surface area contributed by atoms with E-state index in [0.29, 0.717) is 26.1 Å². The van der Waals surface area contributed by atoms with E-state index in [0.717, 1.165) is 12.8 Å². The molecule has 0 amide bonds. The second kappa shape index (κ2) is 6.68. The molecule has 6 heteroatoms. The van der Waals surface area contributed by atoms with Gasteiger partial charge in [0, 0.05) is 26.2 Å². The van der Waals surface area contributed by atoms with Gasteiger partial charge < -0.3 is 10.5 Å². The number of hydrogen-bond donors (Lipinski definition) is 1. The van der Waals surface area contributed by atoms with Crippen LogP contribution in [-0.2, 0) is 14.8 Å². The Balaban J connectivity index is 2.70.